The van der Waals surface area contributed by atoms with Crippen molar-refractivity contribution in [1.29, 1.82) is 0 Å². The molecule has 0 aliphatic rings. The zero-order valence-corrected chi connectivity index (χ0v) is 12.4. The van der Waals surface area contributed by atoms with Gasteiger partial charge in [0.2, 0.25) is 0 Å². The maximum Gasteiger partial charge on any atom is 0.341 e. The summed E-state index contributed by atoms with van der Waals surface area (Å²) in [7, 11) is 0. The fourth-order valence-corrected chi connectivity index (χ4v) is 2.46. The van der Waals surface area contributed by atoms with Gasteiger partial charge in [0.1, 0.15) is 11.9 Å². The van der Waals surface area contributed by atoms with Crippen LogP contribution in [0.5, 0.6) is 0 Å². The fourth-order valence-electron chi connectivity index (χ4n) is 1.92. The lowest BCUT2D eigenvalue weighted by Gasteiger charge is -2.00. The molecular weight excluding hydrogens is 310 g/mol. The molecule has 0 spiro atoms. The van der Waals surface area contributed by atoms with Crippen molar-refractivity contribution in [1.82, 2.24) is 19.7 Å². The summed E-state index contributed by atoms with van der Waals surface area (Å²) in [4.78, 5) is 19.9. The van der Waals surface area contributed by atoms with Crippen LogP contribution in [0, 0.1) is 6.20 Å². The second-order valence-electron chi connectivity index (χ2n) is 4.10. The molecule has 0 aliphatic heterocycles. The minimum Gasteiger partial charge on any atom is -0.350 e. The highest BCUT2D eigenvalue weighted by Gasteiger charge is 2.19. The van der Waals surface area contributed by atoms with Crippen LogP contribution in [0.3, 0.4) is 0 Å². The Morgan fingerprint density at radius 1 is 1.43 bits per heavy atom. The van der Waals surface area contributed by atoms with E-state index >= 15 is 0 Å². The van der Waals surface area contributed by atoms with Gasteiger partial charge in [-0.2, -0.15) is 9.78 Å². The van der Waals surface area contributed by atoms with E-state index in [0.717, 1.165) is 4.68 Å². The number of rotatable bonds is 2. The van der Waals surface area contributed by atoms with Crippen molar-refractivity contribution >= 4 is 40.4 Å². The predicted octanol–water partition coefficient (Wildman–Crippen LogP) is 2.60. The summed E-state index contributed by atoms with van der Waals surface area (Å²) < 4.78 is 1.03. The van der Waals surface area contributed by atoms with Crippen LogP contribution >= 0.6 is 23.4 Å². The minimum absolute atomic E-state index is 0.316. The van der Waals surface area contributed by atoms with Gasteiger partial charge >= 0.3 is 6.03 Å². The molecule has 2 N–H and O–H groups in total. The number of hydrogen-bond acceptors (Lipinski definition) is 5. The molecule has 3 aromatic rings. The van der Waals surface area contributed by atoms with E-state index < -0.39 is 6.03 Å². The first kappa shape index (κ1) is 13.8. The van der Waals surface area contributed by atoms with Crippen LogP contribution in [0.25, 0.3) is 22.3 Å². The molecule has 0 bridgehead atoms. The molecule has 1 amide bonds. The Morgan fingerprint density at radius 3 is 2.86 bits per heavy atom. The molecule has 0 unspecified atom stereocenters. The van der Waals surface area contributed by atoms with E-state index in [1.807, 2.05) is 18.4 Å². The number of benzene rings is 1. The van der Waals surface area contributed by atoms with Crippen LogP contribution < -0.4 is 5.73 Å². The molecule has 2 aromatic heterocycles. The topological polar surface area (TPSA) is 86.7 Å². The van der Waals surface area contributed by atoms with Crippen molar-refractivity contribution in [3.63, 3.8) is 0 Å². The average molecular weight is 319 g/mol. The van der Waals surface area contributed by atoms with Crippen molar-refractivity contribution in [3.8, 4) is 11.3 Å². The lowest BCUT2D eigenvalue weighted by Crippen LogP contribution is -2.21. The van der Waals surface area contributed by atoms with Gasteiger partial charge in [-0.1, -0.05) is 41.6 Å². The first-order chi connectivity index (χ1) is 10.1. The Hall–Kier alpha value is -2.12. The average Bonchev–Trinajstić information content (AvgIpc) is 2.86. The first-order valence-electron chi connectivity index (χ1n) is 5.89. The van der Waals surface area contributed by atoms with Crippen molar-refractivity contribution in [3.05, 3.63) is 35.5 Å². The van der Waals surface area contributed by atoms with E-state index in [0.29, 0.717) is 32.5 Å². The molecule has 8 heteroatoms. The third kappa shape index (κ3) is 2.34. The molecule has 105 valence electrons. The van der Waals surface area contributed by atoms with Crippen LogP contribution in [0.4, 0.5) is 4.79 Å². The largest absolute Gasteiger partial charge is 0.350 e. The van der Waals surface area contributed by atoms with E-state index in [-0.39, 0.29) is 0 Å². The van der Waals surface area contributed by atoms with Crippen molar-refractivity contribution in [2.24, 2.45) is 5.73 Å². The summed E-state index contributed by atoms with van der Waals surface area (Å²) in [6.45, 7) is 0. The van der Waals surface area contributed by atoms with Crippen LogP contribution in [0.2, 0.25) is 5.02 Å². The molecule has 21 heavy (non-hydrogen) atoms. The number of halogens is 1. The van der Waals surface area contributed by atoms with Crippen molar-refractivity contribution in [2.75, 3.05) is 6.26 Å². The predicted molar refractivity (Wildman–Crippen MR) is 81.4 cm³/mol. The minimum atomic E-state index is -0.725. The zero-order valence-electron chi connectivity index (χ0n) is 10.9. The Bertz CT molecular complexity index is 848. The number of thioether (sulfide) groups is 1. The molecule has 3 rings (SSSR count). The molecule has 0 fully saturated rings. The standard InChI is InChI=1S/C13H9ClN5OS/c1-21-13-16-6-8-10(7-4-2-3-5-9(7)14)18-19(12(15)20)11(8)17-13/h2-5H,1H3,(H2,15,20). The molecule has 6 nitrogen and oxygen atoms in total. The highest BCUT2D eigenvalue weighted by molar-refractivity contribution is 7.98. The smallest absolute Gasteiger partial charge is 0.341 e. The van der Waals surface area contributed by atoms with Gasteiger partial charge in [0.05, 0.1) is 10.4 Å². The highest BCUT2D eigenvalue weighted by Crippen LogP contribution is 2.31. The van der Waals surface area contributed by atoms with Gasteiger partial charge in [-0.05, 0) is 12.3 Å². The number of carbonyl (C=O) groups excluding carboxylic acids is 1. The molecule has 1 radical (unpaired) electrons. The van der Waals surface area contributed by atoms with Gasteiger partial charge in [-0.25, -0.2) is 14.8 Å². The summed E-state index contributed by atoms with van der Waals surface area (Å²) in [6, 6.07) is 6.45. The Kier molecular flexibility index (Phi) is 3.52. The SMILES string of the molecule is CSc1n[c]c2c(-c3ccccc3Cl)nn(C(N)=O)c2n1. The summed E-state index contributed by atoms with van der Waals surface area (Å²) in [5.41, 5.74) is 6.81. The molecule has 0 saturated carbocycles. The maximum atomic E-state index is 11.6. The fraction of sp³-hybridized carbons (Fsp3) is 0.0769. The van der Waals surface area contributed by atoms with Crippen molar-refractivity contribution < 1.29 is 4.79 Å². The number of carbonyl (C=O) groups is 1. The lowest BCUT2D eigenvalue weighted by atomic mass is 10.1. The van der Waals surface area contributed by atoms with E-state index in [4.69, 9.17) is 17.3 Å². The van der Waals surface area contributed by atoms with E-state index in [1.54, 1.807) is 12.1 Å². The molecule has 2 heterocycles. The Labute approximate surface area is 129 Å². The second kappa shape index (κ2) is 5.34. The maximum absolute atomic E-state index is 11.6. The molecule has 0 aliphatic carbocycles. The summed E-state index contributed by atoms with van der Waals surface area (Å²) in [5, 5.41) is 5.70. The van der Waals surface area contributed by atoms with Gasteiger partial charge < -0.3 is 5.73 Å². The number of hydrogen-bond donors (Lipinski definition) is 1. The van der Waals surface area contributed by atoms with E-state index in [2.05, 4.69) is 21.3 Å². The summed E-state index contributed by atoms with van der Waals surface area (Å²) >= 11 is 7.52. The molecule has 0 atom stereocenters. The van der Waals surface area contributed by atoms with Gasteiger partial charge in [0, 0.05) is 5.56 Å². The van der Waals surface area contributed by atoms with Crippen LogP contribution in [0.1, 0.15) is 0 Å². The normalized spacial score (nSPS) is 11.0. The number of nitrogens with zero attached hydrogens (tertiary/aromatic N) is 4. The van der Waals surface area contributed by atoms with Crippen LogP contribution in [-0.2, 0) is 0 Å². The van der Waals surface area contributed by atoms with Gasteiger partial charge in [0.25, 0.3) is 0 Å². The number of primary amides is 1. The summed E-state index contributed by atoms with van der Waals surface area (Å²) in [6.07, 6.45) is 4.69. The second-order valence-corrected chi connectivity index (χ2v) is 5.28. The van der Waals surface area contributed by atoms with Crippen LogP contribution in [-0.4, -0.2) is 32.0 Å². The molecular formula is C13H9ClN5OS. The Morgan fingerprint density at radius 2 is 2.19 bits per heavy atom. The highest BCUT2D eigenvalue weighted by atomic mass is 35.5. The number of aromatic nitrogens is 4. The zero-order chi connectivity index (χ0) is 15.0. The third-order valence-electron chi connectivity index (χ3n) is 2.85. The molecule has 1 aromatic carbocycles. The first-order valence-corrected chi connectivity index (χ1v) is 7.49. The van der Waals surface area contributed by atoms with E-state index in [1.165, 1.54) is 11.8 Å². The van der Waals surface area contributed by atoms with Gasteiger partial charge in [-0.3, -0.25) is 0 Å². The van der Waals surface area contributed by atoms with Gasteiger partial charge in [0.15, 0.2) is 10.8 Å². The van der Waals surface area contributed by atoms with Crippen LogP contribution in [0.15, 0.2) is 29.4 Å². The molecule has 0 saturated heterocycles. The van der Waals surface area contributed by atoms with E-state index in [9.17, 15) is 4.79 Å². The quantitative estimate of drug-likeness (QED) is 0.579. The number of fused-ring (bicyclic) bond motifs is 1. The number of amides is 1. The van der Waals surface area contributed by atoms with Gasteiger partial charge in [-0.15, -0.1) is 0 Å². The third-order valence-corrected chi connectivity index (χ3v) is 3.72. The summed E-state index contributed by atoms with van der Waals surface area (Å²) in [5.74, 6) is 0. The lowest BCUT2D eigenvalue weighted by molar-refractivity contribution is 0.248. The monoisotopic (exact) mass is 318 g/mol. The Balaban J connectivity index is 2.34. The number of nitrogens with two attached hydrogens (primary N) is 1. The van der Waals surface area contributed by atoms with Crippen molar-refractivity contribution in [2.45, 2.75) is 5.16 Å².